The van der Waals surface area contributed by atoms with Crippen LogP contribution in [0.25, 0.3) is 11.4 Å². The number of nitrogens with zero attached hydrogens (tertiary/aromatic N) is 2. The summed E-state index contributed by atoms with van der Waals surface area (Å²) in [7, 11) is 1.64. The average Bonchev–Trinajstić information content (AvgIpc) is 2.85. The lowest BCUT2D eigenvalue weighted by molar-refractivity contribution is 0.415. The van der Waals surface area contributed by atoms with Crippen molar-refractivity contribution in [3.63, 3.8) is 0 Å². The lowest BCUT2D eigenvalue weighted by atomic mass is 10.2. The topological polar surface area (TPSA) is 50.8 Å². The van der Waals surface area contributed by atoms with E-state index in [-0.39, 0.29) is 0 Å². The standard InChI is InChI=1S/C12H11N3OS/c1-3-8-17-12-13-11(14-15-12)9-4-6-10(16-2)7-5-9/h1,4-7H,8H2,2H3,(H,13,14,15). The Hall–Kier alpha value is -1.93. The first-order chi connectivity index (χ1) is 8.33. The first-order valence-corrected chi connectivity index (χ1v) is 5.95. The molecule has 1 N–H and O–H groups in total. The molecule has 0 saturated heterocycles. The predicted molar refractivity (Wildman–Crippen MR) is 67.9 cm³/mol. The summed E-state index contributed by atoms with van der Waals surface area (Å²) in [4.78, 5) is 4.33. The van der Waals surface area contributed by atoms with Crippen LogP contribution in [0.15, 0.2) is 29.4 Å². The highest BCUT2D eigenvalue weighted by atomic mass is 32.2. The summed E-state index contributed by atoms with van der Waals surface area (Å²) in [5.74, 6) is 4.59. The normalized spacial score (nSPS) is 9.88. The number of benzene rings is 1. The monoisotopic (exact) mass is 245 g/mol. The highest BCUT2D eigenvalue weighted by Crippen LogP contribution is 2.21. The SMILES string of the molecule is C#CCSc1nc(-c2ccc(OC)cc2)n[nH]1. The number of terminal acetylenes is 1. The molecule has 0 saturated carbocycles. The number of H-pyrrole nitrogens is 1. The molecule has 1 aromatic carbocycles. The Labute approximate surface area is 104 Å². The number of aromatic nitrogens is 3. The summed E-state index contributed by atoms with van der Waals surface area (Å²) < 4.78 is 5.09. The van der Waals surface area contributed by atoms with Crippen molar-refractivity contribution in [2.24, 2.45) is 0 Å². The fourth-order valence-corrected chi connectivity index (χ4v) is 1.77. The number of ether oxygens (including phenoxy) is 1. The van der Waals surface area contributed by atoms with E-state index in [1.165, 1.54) is 11.8 Å². The van der Waals surface area contributed by atoms with Gasteiger partial charge in [-0.15, -0.1) is 6.42 Å². The van der Waals surface area contributed by atoms with Crippen molar-refractivity contribution in [2.75, 3.05) is 12.9 Å². The maximum Gasteiger partial charge on any atom is 0.184 e. The van der Waals surface area contributed by atoms with E-state index in [1.54, 1.807) is 7.11 Å². The minimum Gasteiger partial charge on any atom is -0.497 e. The van der Waals surface area contributed by atoms with E-state index in [0.29, 0.717) is 11.6 Å². The second-order valence-electron chi connectivity index (χ2n) is 3.19. The summed E-state index contributed by atoms with van der Waals surface area (Å²) >= 11 is 1.45. The average molecular weight is 245 g/mol. The molecule has 0 atom stereocenters. The molecule has 0 aliphatic heterocycles. The molecule has 2 rings (SSSR count). The molecule has 0 aliphatic carbocycles. The zero-order valence-electron chi connectivity index (χ0n) is 9.30. The maximum atomic E-state index is 5.18. The van der Waals surface area contributed by atoms with Gasteiger partial charge in [-0.2, -0.15) is 5.10 Å². The highest BCUT2D eigenvalue weighted by Gasteiger charge is 2.05. The van der Waals surface area contributed by atoms with Gasteiger partial charge in [-0.1, -0.05) is 17.7 Å². The largest absolute Gasteiger partial charge is 0.497 e. The van der Waals surface area contributed by atoms with Gasteiger partial charge in [0.15, 0.2) is 11.0 Å². The van der Waals surface area contributed by atoms with E-state index in [9.17, 15) is 0 Å². The molecule has 5 heteroatoms. The Morgan fingerprint density at radius 1 is 1.41 bits per heavy atom. The highest BCUT2D eigenvalue weighted by molar-refractivity contribution is 7.99. The minimum absolute atomic E-state index is 0.581. The van der Waals surface area contributed by atoms with E-state index in [2.05, 4.69) is 21.1 Å². The first kappa shape index (κ1) is 11.6. The third kappa shape index (κ3) is 2.80. The van der Waals surface area contributed by atoms with E-state index >= 15 is 0 Å². The van der Waals surface area contributed by atoms with E-state index < -0.39 is 0 Å². The second-order valence-corrected chi connectivity index (χ2v) is 4.15. The number of methoxy groups -OCH3 is 1. The first-order valence-electron chi connectivity index (χ1n) is 4.96. The van der Waals surface area contributed by atoms with Gasteiger partial charge in [0.05, 0.1) is 12.9 Å². The minimum atomic E-state index is 0.581. The van der Waals surface area contributed by atoms with E-state index in [0.717, 1.165) is 16.5 Å². The molecule has 4 nitrogen and oxygen atoms in total. The van der Waals surface area contributed by atoms with E-state index in [4.69, 9.17) is 11.2 Å². The molecule has 0 amide bonds. The number of aromatic amines is 1. The fourth-order valence-electron chi connectivity index (χ4n) is 1.29. The lowest BCUT2D eigenvalue weighted by Gasteiger charge is -1.99. The number of nitrogens with one attached hydrogen (secondary N) is 1. The molecule has 2 aromatic rings. The molecule has 0 unspecified atom stereocenters. The van der Waals surface area contributed by atoms with Gasteiger partial charge in [0, 0.05) is 5.56 Å². The smallest absolute Gasteiger partial charge is 0.184 e. The van der Waals surface area contributed by atoms with Crippen LogP contribution in [-0.2, 0) is 0 Å². The molecule has 0 bridgehead atoms. The molecule has 17 heavy (non-hydrogen) atoms. The summed E-state index contributed by atoms with van der Waals surface area (Å²) in [5.41, 5.74) is 0.939. The number of thioether (sulfide) groups is 1. The van der Waals surface area contributed by atoms with E-state index in [1.807, 2.05) is 24.3 Å². The van der Waals surface area contributed by atoms with Gasteiger partial charge in [-0.3, -0.25) is 5.10 Å². The van der Waals surface area contributed by atoms with Crippen LogP contribution >= 0.6 is 11.8 Å². The van der Waals surface area contributed by atoms with Crippen LogP contribution in [0, 0.1) is 12.3 Å². The molecule has 1 aromatic heterocycles. The summed E-state index contributed by atoms with van der Waals surface area (Å²) in [5, 5.41) is 7.70. The predicted octanol–water partition coefficient (Wildman–Crippen LogP) is 2.21. The van der Waals surface area contributed by atoms with Crippen molar-refractivity contribution in [1.29, 1.82) is 0 Å². The summed E-state index contributed by atoms with van der Waals surface area (Å²) in [6.45, 7) is 0. The van der Waals surface area contributed by atoms with Crippen LogP contribution in [-0.4, -0.2) is 28.0 Å². The third-order valence-electron chi connectivity index (χ3n) is 2.11. The van der Waals surface area contributed by atoms with Crippen LogP contribution in [0.1, 0.15) is 0 Å². The Kier molecular flexibility index (Phi) is 3.68. The van der Waals surface area contributed by atoms with Gasteiger partial charge >= 0.3 is 0 Å². The maximum absolute atomic E-state index is 5.18. The van der Waals surface area contributed by atoms with Crippen molar-refractivity contribution < 1.29 is 4.74 Å². The Bertz CT molecular complexity index is 527. The van der Waals surface area contributed by atoms with Gasteiger partial charge in [0.1, 0.15) is 5.75 Å². The Morgan fingerprint density at radius 2 is 2.18 bits per heavy atom. The third-order valence-corrected chi connectivity index (χ3v) is 2.87. The Morgan fingerprint density at radius 3 is 2.82 bits per heavy atom. The van der Waals surface area contributed by atoms with Crippen LogP contribution in [0.2, 0.25) is 0 Å². The van der Waals surface area contributed by atoms with Gasteiger partial charge < -0.3 is 4.74 Å². The van der Waals surface area contributed by atoms with Gasteiger partial charge in [-0.05, 0) is 24.3 Å². The molecule has 0 radical (unpaired) electrons. The molecular weight excluding hydrogens is 234 g/mol. The summed E-state index contributed by atoms with van der Waals surface area (Å²) in [6, 6.07) is 7.58. The van der Waals surface area contributed by atoms with Crippen LogP contribution in [0.3, 0.4) is 0 Å². The summed E-state index contributed by atoms with van der Waals surface area (Å²) in [6.07, 6.45) is 5.18. The van der Waals surface area contributed by atoms with Crippen LogP contribution in [0.4, 0.5) is 0 Å². The van der Waals surface area contributed by atoms with Crippen LogP contribution in [0.5, 0.6) is 5.75 Å². The molecule has 0 fully saturated rings. The number of hydrogen-bond acceptors (Lipinski definition) is 4. The quantitative estimate of drug-likeness (QED) is 0.662. The zero-order valence-corrected chi connectivity index (χ0v) is 10.1. The second kappa shape index (κ2) is 5.41. The van der Waals surface area contributed by atoms with Crippen molar-refractivity contribution in [2.45, 2.75) is 5.16 Å². The number of hydrogen-bond donors (Lipinski definition) is 1. The van der Waals surface area contributed by atoms with Gasteiger partial charge in [0.2, 0.25) is 0 Å². The molecule has 86 valence electrons. The van der Waals surface area contributed by atoms with Gasteiger partial charge in [0.25, 0.3) is 0 Å². The molecule has 0 spiro atoms. The van der Waals surface area contributed by atoms with Crippen LogP contribution < -0.4 is 4.74 Å². The fraction of sp³-hybridized carbons (Fsp3) is 0.167. The van der Waals surface area contributed by atoms with Crippen molar-refractivity contribution in [3.8, 4) is 29.5 Å². The number of rotatable bonds is 4. The Balaban J connectivity index is 2.16. The molecule has 1 heterocycles. The molecular formula is C12H11N3OS. The lowest BCUT2D eigenvalue weighted by Crippen LogP contribution is -1.84. The molecule has 0 aliphatic rings. The van der Waals surface area contributed by atoms with Crippen molar-refractivity contribution in [3.05, 3.63) is 24.3 Å². The van der Waals surface area contributed by atoms with Crippen molar-refractivity contribution in [1.82, 2.24) is 15.2 Å². The van der Waals surface area contributed by atoms with Crippen molar-refractivity contribution >= 4 is 11.8 Å². The zero-order chi connectivity index (χ0) is 12.1. The van der Waals surface area contributed by atoms with Gasteiger partial charge in [-0.25, -0.2) is 4.98 Å².